The van der Waals surface area contributed by atoms with Crippen LogP contribution in [0.1, 0.15) is 77.2 Å². The predicted octanol–water partition coefficient (Wildman–Crippen LogP) is 5.48. The maximum Gasteiger partial charge on any atom is 0.320 e. The van der Waals surface area contributed by atoms with Gasteiger partial charge in [-0.1, -0.05) is 76.3 Å². The summed E-state index contributed by atoms with van der Waals surface area (Å²) in [4.78, 5) is 24.7. The maximum atomic E-state index is 12.4. The molecule has 1 atom stereocenters. The van der Waals surface area contributed by atoms with Crippen molar-refractivity contribution < 1.29 is 19.1 Å². The second-order valence-corrected chi connectivity index (χ2v) is 7.03. The van der Waals surface area contributed by atoms with Gasteiger partial charge in [0.05, 0.1) is 13.2 Å². The summed E-state index contributed by atoms with van der Waals surface area (Å²) in [7, 11) is 0. The van der Waals surface area contributed by atoms with Crippen molar-refractivity contribution in [3.8, 4) is 0 Å². The largest absolute Gasteiger partial charge is 0.465 e. The van der Waals surface area contributed by atoms with Crippen LogP contribution in [-0.4, -0.2) is 25.2 Å². The fourth-order valence-electron chi connectivity index (χ4n) is 2.91. The second-order valence-electron chi connectivity index (χ2n) is 7.03. The zero-order valence-electron chi connectivity index (χ0n) is 17.1. The molecule has 152 valence electrons. The average molecular weight is 377 g/mol. The molecule has 1 unspecified atom stereocenters. The molecule has 0 bridgehead atoms. The van der Waals surface area contributed by atoms with Crippen molar-refractivity contribution in [1.82, 2.24) is 0 Å². The van der Waals surface area contributed by atoms with Gasteiger partial charge in [-0.3, -0.25) is 9.59 Å². The van der Waals surface area contributed by atoms with Gasteiger partial charge in [0.2, 0.25) is 0 Å². The Balaban J connectivity index is 2.34. The summed E-state index contributed by atoms with van der Waals surface area (Å²) in [5, 5.41) is 0. The number of carbonyl (C=O) groups is 2. The van der Waals surface area contributed by atoms with Crippen LogP contribution in [-0.2, 0) is 25.5 Å². The van der Waals surface area contributed by atoms with E-state index >= 15 is 0 Å². The molecule has 1 aromatic rings. The van der Waals surface area contributed by atoms with E-state index in [0.717, 1.165) is 57.8 Å². The van der Waals surface area contributed by atoms with E-state index in [1.807, 2.05) is 18.2 Å². The molecule has 27 heavy (non-hydrogen) atoms. The highest BCUT2D eigenvalue weighted by Gasteiger charge is 2.29. The molecule has 0 heterocycles. The molecule has 0 radical (unpaired) electrons. The minimum absolute atomic E-state index is 0.360. The van der Waals surface area contributed by atoms with Crippen LogP contribution in [0.2, 0.25) is 0 Å². The highest BCUT2D eigenvalue weighted by molar-refractivity contribution is 5.94. The van der Waals surface area contributed by atoms with Gasteiger partial charge in [-0.25, -0.2) is 0 Å². The monoisotopic (exact) mass is 376 g/mol. The molecular weight excluding hydrogens is 340 g/mol. The fourth-order valence-corrected chi connectivity index (χ4v) is 2.91. The normalized spacial score (nSPS) is 11.8. The number of rotatable bonds is 15. The quantitative estimate of drug-likeness (QED) is 0.231. The van der Waals surface area contributed by atoms with Crippen molar-refractivity contribution in [3.63, 3.8) is 0 Å². The topological polar surface area (TPSA) is 52.6 Å². The number of hydrogen-bond acceptors (Lipinski definition) is 4. The van der Waals surface area contributed by atoms with Crippen LogP contribution < -0.4 is 0 Å². The summed E-state index contributed by atoms with van der Waals surface area (Å²) >= 11 is 0. The first-order chi connectivity index (χ1) is 13.2. The number of unbranched alkanes of at least 4 members (excludes halogenated alkanes) is 5. The number of ether oxygens (including phenoxy) is 2. The van der Waals surface area contributed by atoms with Crippen LogP contribution in [0.4, 0.5) is 0 Å². The average Bonchev–Trinajstić information content (AvgIpc) is 2.69. The van der Waals surface area contributed by atoms with Crippen molar-refractivity contribution in [1.29, 1.82) is 0 Å². The van der Waals surface area contributed by atoms with Crippen molar-refractivity contribution >= 4 is 11.9 Å². The van der Waals surface area contributed by atoms with Crippen molar-refractivity contribution in [3.05, 3.63) is 35.9 Å². The van der Waals surface area contributed by atoms with Gasteiger partial charge in [-0.05, 0) is 37.7 Å². The summed E-state index contributed by atoms with van der Waals surface area (Å²) in [6, 6.07) is 10.3. The van der Waals surface area contributed by atoms with E-state index in [1.54, 1.807) is 0 Å². The molecule has 0 aliphatic heterocycles. The fraction of sp³-hybridized carbons (Fsp3) is 0.652. The zero-order valence-corrected chi connectivity index (χ0v) is 17.1. The van der Waals surface area contributed by atoms with Crippen LogP contribution in [0, 0.1) is 5.92 Å². The van der Waals surface area contributed by atoms with E-state index in [0.29, 0.717) is 19.6 Å². The molecule has 0 fully saturated rings. The first-order valence-corrected chi connectivity index (χ1v) is 10.6. The molecule has 0 aromatic heterocycles. The number of carbonyl (C=O) groups excluding carboxylic acids is 2. The third kappa shape index (κ3) is 10.8. The summed E-state index contributed by atoms with van der Waals surface area (Å²) < 4.78 is 10.7. The van der Waals surface area contributed by atoms with Gasteiger partial charge in [-0.15, -0.1) is 0 Å². The van der Waals surface area contributed by atoms with Crippen LogP contribution in [0.5, 0.6) is 0 Å². The molecule has 0 saturated carbocycles. The number of hydrogen-bond donors (Lipinski definition) is 0. The SMILES string of the molecule is CCCCCOC(=O)C(CCCCC)C(=O)OCCCCc1ccccc1. The van der Waals surface area contributed by atoms with Gasteiger partial charge < -0.3 is 9.47 Å². The molecule has 0 N–H and O–H groups in total. The molecular formula is C23H36O4. The Bertz CT molecular complexity index is 512. The lowest BCUT2D eigenvalue weighted by atomic mass is 10.0. The number of esters is 2. The van der Waals surface area contributed by atoms with Gasteiger partial charge in [-0.2, -0.15) is 0 Å². The Hall–Kier alpha value is -1.84. The van der Waals surface area contributed by atoms with Crippen LogP contribution >= 0.6 is 0 Å². The highest BCUT2D eigenvalue weighted by Crippen LogP contribution is 2.15. The van der Waals surface area contributed by atoms with Gasteiger partial charge in [0.15, 0.2) is 5.92 Å². The minimum Gasteiger partial charge on any atom is -0.465 e. The lowest BCUT2D eigenvalue weighted by Gasteiger charge is -2.15. The first kappa shape index (κ1) is 23.2. The van der Waals surface area contributed by atoms with Gasteiger partial charge in [0, 0.05) is 0 Å². The van der Waals surface area contributed by atoms with Gasteiger partial charge in [0.1, 0.15) is 0 Å². The maximum absolute atomic E-state index is 12.4. The smallest absolute Gasteiger partial charge is 0.320 e. The molecule has 0 aliphatic rings. The lowest BCUT2D eigenvalue weighted by Crippen LogP contribution is -2.28. The second kappa shape index (κ2) is 15.2. The van der Waals surface area contributed by atoms with E-state index in [4.69, 9.17) is 9.47 Å². The summed E-state index contributed by atoms with van der Waals surface area (Å²) in [6.07, 6.45) is 9.08. The van der Waals surface area contributed by atoms with E-state index < -0.39 is 17.9 Å². The molecule has 1 rings (SSSR count). The summed E-state index contributed by atoms with van der Waals surface area (Å²) in [6.45, 7) is 4.95. The highest BCUT2D eigenvalue weighted by atomic mass is 16.6. The van der Waals surface area contributed by atoms with Crippen molar-refractivity contribution in [2.45, 2.75) is 78.1 Å². The molecule has 0 spiro atoms. The standard InChI is InChI=1S/C23H36O4/c1-3-5-8-17-21(22(24)26-18-12-6-4-2)23(25)27-19-13-11-16-20-14-9-7-10-15-20/h7,9-10,14-15,21H,3-6,8,11-13,16-19H2,1-2H3. The predicted molar refractivity (Wildman–Crippen MR) is 108 cm³/mol. The number of aryl methyl sites for hydroxylation is 1. The van der Waals surface area contributed by atoms with E-state index in [9.17, 15) is 9.59 Å². The van der Waals surface area contributed by atoms with Crippen LogP contribution in [0.15, 0.2) is 30.3 Å². The summed E-state index contributed by atoms with van der Waals surface area (Å²) in [5.41, 5.74) is 1.29. The van der Waals surface area contributed by atoms with E-state index in [1.165, 1.54) is 5.56 Å². The van der Waals surface area contributed by atoms with Crippen LogP contribution in [0.3, 0.4) is 0 Å². The molecule has 4 heteroatoms. The molecule has 0 amide bonds. The Morgan fingerprint density at radius 1 is 0.778 bits per heavy atom. The van der Waals surface area contributed by atoms with Crippen LogP contribution in [0.25, 0.3) is 0 Å². The van der Waals surface area contributed by atoms with Gasteiger partial charge in [0.25, 0.3) is 0 Å². The summed E-state index contributed by atoms with van der Waals surface area (Å²) in [5.74, 6) is -1.62. The van der Waals surface area contributed by atoms with Gasteiger partial charge >= 0.3 is 11.9 Å². The number of benzene rings is 1. The lowest BCUT2D eigenvalue weighted by molar-refractivity contribution is -0.162. The third-order valence-electron chi connectivity index (χ3n) is 4.60. The first-order valence-electron chi connectivity index (χ1n) is 10.6. The Labute approximate surface area is 164 Å². The minimum atomic E-state index is -0.771. The Morgan fingerprint density at radius 2 is 1.33 bits per heavy atom. The van der Waals surface area contributed by atoms with Crippen molar-refractivity contribution in [2.24, 2.45) is 5.92 Å². The van der Waals surface area contributed by atoms with E-state index in [2.05, 4.69) is 26.0 Å². The molecule has 0 saturated heterocycles. The molecule has 0 aliphatic carbocycles. The zero-order chi connectivity index (χ0) is 19.7. The van der Waals surface area contributed by atoms with E-state index in [-0.39, 0.29) is 0 Å². The van der Waals surface area contributed by atoms with Crippen molar-refractivity contribution in [2.75, 3.05) is 13.2 Å². The molecule has 4 nitrogen and oxygen atoms in total. The Kier molecular flexibility index (Phi) is 13.1. The molecule has 1 aromatic carbocycles. The third-order valence-corrected chi connectivity index (χ3v) is 4.60. The Morgan fingerprint density at radius 3 is 1.93 bits per heavy atom.